The van der Waals surface area contributed by atoms with Crippen molar-refractivity contribution >= 4 is 20.3 Å². The summed E-state index contributed by atoms with van der Waals surface area (Å²) in [6.45, 7) is 8.39. The van der Waals surface area contributed by atoms with Crippen molar-refractivity contribution in [2.75, 3.05) is 6.61 Å². The molecule has 6 heteroatoms. The Labute approximate surface area is 157 Å². The number of β-lactam (4-membered cyclic amide) rings is 1. The molecule has 0 aliphatic carbocycles. The molecule has 0 unspecified atom stereocenters. The third kappa shape index (κ3) is 4.07. The predicted molar refractivity (Wildman–Crippen MR) is 104 cm³/mol. The van der Waals surface area contributed by atoms with E-state index in [-0.39, 0.29) is 12.5 Å². The topological polar surface area (TPSA) is 55.8 Å². The summed E-state index contributed by atoms with van der Waals surface area (Å²) in [4.78, 5) is 26.4. The van der Waals surface area contributed by atoms with Crippen molar-refractivity contribution in [3.05, 3.63) is 48.0 Å². The van der Waals surface area contributed by atoms with Gasteiger partial charge in [0, 0.05) is 0 Å². The Morgan fingerprint density at radius 3 is 2.31 bits per heavy atom. The van der Waals surface area contributed by atoms with Crippen LogP contribution in [0.5, 0.6) is 0 Å². The van der Waals surface area contributed by atoms with Crippen molar-refractivity contribution < 1.29 is 18.8 Å². The van der Waals surface area contributed by atoms with Crippen molar-refractivity contribution in [2.24, 2.45) is 0 Å². The molecule has 5 nitrogen and oxygen atoms in total. The van der Waals surface area contributed by atoms with Gasteiger partial charge in [-0.2, -0.15) is 0 Å². The number of carbonyl (C=O) groups excluding carboxylic acids is 2. The van der Waals surface area contributed by atoms with Crippen LogP contribution in [0.2, 0.25) is 18.1 Å². The van der Waals surface area contributed by atoms with Crippen molar-refractivity contribution in [2.45, 2.75) is 58.0 Å². The van der Waals surface area contributed by atoms with Crippen LogP contribution in [0, 0.1) is 0 Å². The van der Waals surface area contributed by atoms with Gasteiger partial charge >= 0.3 is 6.09 Å². The Morgan fingerprint density at radius 2 is 1.77 bits per heavy atom. The highest BCUT2D eigenvalue weighted by molar-refractivity contribution is 6.73. The van der Waals surface area contributed by atoms with Crippen LogP contribution >= 0.6 is 0 Å². The SMILES string of the molecule is CC=CCOC(=O)N1C(=O)[C@@H](O[Si](CC)(CC)CC)[C@H]1c1ccccc1. The van der Waals surface area contributed by atoms with Crippen molar-refractivity contribution in [1.29, 1.82) is 0 Å². The predicted octanol–water partition coefficient (Wildman–Crippen LogP) is 4.67. The molecule has 1 heterocycles. The first-order valence-corrected chi connectivity index (χ1v) is 11.9. The highest BCUT2D eigenvalue weighted by atomic mass is 28.4. The maximum Gasteiger partial charge on any atom is 0.417 e. The molecule has 142 valence electrons. The van der Waals surface area contributed by atoms with E-state index in [1.165, 1.54) is 4.90 Å². The lowest BCUT2D eigenvalue weighted by Gasteiger charge is -2.48. The number of rotatable bonds is 8. The normalized spacial score (nSPS) is 20.3. The minimum atomic E-state index is -1.97. The van der Waals surface area contributed by atoms with Gasteiger partial charge in [0.05, 0.1) is 0 Å². The smallest absolute Gasteiger partial charge is 0.417 e. The molecule has 1 saturated heterocycles. The van der Waals surface area contributed by atoms with E-state index in [4.69, 9.17) is 9.16 Å². The van der Waals surface area contributed by atoms with Crippen LogP contribution in [-0.4, -0.2) is 37.9 Å². The molecule has 0 bridgehead atoms. The lowest BCUT2D eigenvalue weighted by molar-refractivity contribution is -0.160. The standard InChI is InChI=1S/C20H29NO4Si/c1-5-9-15-24-20(23)21-17(16-13-11-10-12-14-16)18(19(21)22)25-26(6-2,7-3)8-4/h5,9-14,17-18H,6-8,15H2,1-4H3/t17-,18+/m1/s1. The zero-order valence-electron chi connectivity index (χ0n) is 16.1. The first-order chi connectivity index (χ1) is 12.5. The zero-order valence-corrected chi connectivity index (χ0v) is 17.1. The average molecular weight is 376 g/mol. The van der Waals surface area contributed by atoms with Crippen LogP contribution in [0.4, 0.5) is 4.79 Å². The molecule has 26 heavy (non-hydrogen) atoms. The molecular weight excluding hydrogens is 346 g/mol. The number of allylic oxidation sites excluding steroid dienone is 1. The molecule has 1 aromatic rings. The number of hydrogen-bond acceptors (Lipinski definition) is 4. The van der Waals surface area contributed by atoms with Crippen molar-refractivity contribution in [3.63, 3.8) is 0 Å². The molecule has 2 amide bonds. The zero-order chi connectivity index (χ0) is 19.2. The Balaban J connectivity index is 2.25. The van der Waals surface area contributed by atoms with E-state index in [1.54, 1.807) is 12.2 Å². The fourth-order valence-corrected chi connectivity index (χ4v) is 6.08. The summed E-state index contributed by atoms with van der Waals surface area (Å²) in [7, 11) is -1.97. The Kier molecular flexibility index (Phi) is 7.17. The third-order valence-corrected chi connectivity index (χ3v) is 9.85. The number of ether oxygens (including phenoxy) is 1. The number of imide groups is 1. The highest BCUT2D eigenvalue weighted by Gasteiger charge is 2.55. The van der Waals surface area contributed by atoms with Gasteiger partial charge in [0.2, 0.25) is 0 Å². The molecule has 0 saturated carbocycles. The minimum Gasteiger partial charge on any atom is -0.445 e. The van der Waals surface area contributed by atoms with Gasteiger partial charge in [-0.05, 0) is 30.6 Å². The summed E-state index contributed by atoms with van der Waals surface area (Å²) in [5.74, 6) is -0.295. The lowest BCUT2D eigenvalue weighted by atomic mass is 9.91. The minimum absolute atomic E-state index is 0.156. The Morgan fingerprint density at radius 1 is 1.15 bits per heavy atom. The number of nitrogens with zero attached hydrogens (tertiary/aromatic N) is 1. The van der Waals surface area contributed by atoms with E-state index in [0.717, 1.165) is 23.7 Å². The molecule has 1 aliphatic heterocycles. The molecule has 1 aliphatic rings. The first-order valence-electron chi connectivity index (χ1n) is 9.37. The summed E-state index contributed by atoms with van der Waals surface area (Å²) in [6.07, 6.45) is 2.32. The van der Waals surface area contributed by atoms with E-state index in [0.29, 0.717) is 0 Å². The Hall–Kier alpha value is -1.92. The molecule has 2 rings (SSSR count). The largest absolute Gasteiger partial charge is 0.445 e. The van der Waals surface area contributed by atoms with Gasteiger partial charge in [-0.25, -0.2) is 9.69 Å². The fraction of sp³-hybridized carbons (Fsp3) is 0.500. The Bertz CT molecular complexity index is 634. The summed E-state index contributed by atoms with van der Waals surface area (Å²) >= 11 is 0. The number of amides is 2. The van der Waals surface area contributed by atoms with E-state index in [2.05, 4.69) is 20.8 Å². The van der Waals surface area contributed by atoms with Crippen molar-refractivity contribution in [3.8, 4) is 0 Å². The van der Waals surface area contributed by atoms with E-state index >= 15 is 0 Å². The summed E-state index contributed by atoms with van der Waals surface area (Å²) in [6, 6.07) is 12.0. The summed E-state index contributed by atoms with van der Waals surface area (Å²) in [5, 5.41) is 0. The molecule has 0 N–H and O–H groups in total. The summed E-state index contributed by atoms with van der Waals surface area (Å²) < 4.78 is 11.6. The van der Waals surface area contributed by atoms with Gasteiger partial charge in [0.1, 0.15) is 12.6 Å². The molecule has 1 fully saturated rings. The number of hydrogen-bond donors (Lipinski definition) is 0. The van der Waals surface area contributed by atoms with Gasteiger partial charge < -0.3 is 9.16 Å². The van der Waals surface area contributed by atoms with Crippen LogP contribution in [0.25, 0.3) is 0 Å². The maximum atomic E-state index is 12.7. The molecule has 2 atom stereocenters. The van der Waals surface area contributed by atoms with Crippen molar-refractivity contribution in [1.82, 2.24) is 4.90 Å². The molecule has 0 aromatic heterocycles. The van der Waals surface area contributed by atoms with E-state index in [9.17, 15) is 9.59 Å². The molecule has 1 aromatic carbocycles. The lowest BCUT2D eigenvalue weighted by Crippen LogP contribution is -2.64. The van der Waals surface area contributed by atoms with Gasteiger partial charge in [0.15, 0.2) is 14.4 Å². The van der Waals surface area contributed by atoms with Crippen LogP contribution in [0.3, 0.4) is 0 Å². The maximum absolute atomic E-state index is 12.7. The van der Waals surface area contributed by atoms with Gasteiger partial charge in [-0.1, -0.05) is 63.3 Å². The average Bonchev–Trinajstić information content (AvgIpc) is 2.68. The second kappa shape index (κ2) is 9.14. The fourth-order valence-electron chi connectivity index (χ4n) is 3.31. The first kappa shape index (κ1) is 20.4. The molecular formula is C20H29NO4Si. The van der Waals surface area contributed by atoms with Gasteiger partial charge in [0.25, 0.3) is 5.91 Å². The highest BCUT2D eigenvalue weighted by Crippen LogP contribution is 2.40. The number of likely N-dealkylation sites (tertiary alicyclic amines) is 1. The van der Waals surface area contributed by atoms with Crippen LogP contribution < -0.4 is 0 Å². The molecule has 0 radical (unpaired) electrons. The van der Waals surface area contributed by atoms with Gasteiger partial charge in [-0.15, -0.1) is 0 Å². The summed E-state index contributed by atoms with van der Waals surface area (Å²) in [5.41, 5.74) is 0.895. The third-order valence-electron chi connectivity index (χ3n) is 5.23. The molecule has 0 spiro atoms. The van der Waals surface area contributed by atoms with E-state index < -0.39 is 26.6 Å². The monoisotopic (exact) mass is 375 g/mol. The quantitative estimate of drug-likeness (QED) is 0.376. The van der Waals surface area contributed by atoms with Crippen LogP contribution in [0.1, 0.15) is 39.3 Å². The second-order valence-corrected chi connectivity index (χ2v) is 11.2. The van der Waals surface area contributed by atoms with E-state index in [1.807, 2.05) is 37.3 Å². The van der Waals surface area contributed by atoms with Crippen LogP contribution in [-0.2, 0) is 14.0 Å². The van der Waals surface area contributed by atoms with Gasteiger partial charge in [-0.3, -0.25) is 4.79 Å². The number of benzene rings is 1. The number of carbonyl (C=O) groups is 2. The second-order valence-electron chi connectivity index (χ2n) is 6.49. The van der Waals surface area contributed by atoms with Crippen LogP contribution in [0.15, 0.2) is 42.5 Å².